The predicted molar refractivity (Wildman–Crippen MR) is 89.9 cm³/mol. The van der Waals surface area contributed by atoms with Gasteiger partial charge in [0.1, 0.15) is 11.1 Å². The van der Waals surface area contributed by atoms with Crippen molar-refractivity contribution < 1.29 is 4.74 Å². The van der Waals surface area contributed by atoms with E-state index in [1.807, 2.05) is 41.9 Å². The molecule has 0 saturated carbocycles. The summed E-state index contributed by atoms with van der Waals surface area (Å²) < 4.78 is 7.69. The fourth-order valence-electron chi connectivity index (χ4n) is 2.93. The maximum absolute atomic E-state index is 5.88. The fraction of sp³-hybridized carbons (Fsp3) is 0.375. The summed E-state index contributed by atoms with van der Waals surface area (Å²) in [5.41, 5.74) is 0.967. The van der Waals surface area contributed by atoms with Crippen LogP contribution < -0.4 is 0 Å². The van der Waals surface area contributed by atoms with E-state index in [1.165, 1.54) is 0 Å². The highest BCUT2D eigenvalue weighted by atomic mass is 32.1. The van der Waals surface area contributed by atoms with Crippen molar-refractivity contribution in [2.24, 2.45) is 0 Å². The Balaban J connectivity index is 1.56. The molecule has 0 aliphatic carbocycles. The minimum atomic E-state index is 0.0160. The molecule has 1 saturated heterocycles. The monoisotopic (exact) mass is 342 g/mol. The number of hydrogen-bond acceptors (Lipinski definition) is 7. The lowest BCUT2D eigenvalue weighted by Crippen LogP contribution is -2.40. The summed E-state index contributed by atoms with van der Waals surface area (Å²) in [6, 6.07) is 10.1. The Labute approximate surface area is 143 Å². The van der Waals surface area contributed by atoms with Crippen LogP contribution >= 0.6 is 11.3 Å². The third-order valence-corrected chi connectivity index (χ3v) is 5.11. The van der Waals surface area contributed by atoms with Crippen LogP contribution in [0.3, 0.4) is 0 Å². The number of morpholine rings is 1. The van der Waals surface area contributed by atoms with E-state index in [1.54, 1.807) is 16.0 Å². The molecular formula is C16H18N6OS. The fourth-order valence-corrected chi connectivity index (χ4v) is 3.61. The van der Waals surface area contributed by atoms with Gasteiger partial charge in [-0.25, -0.2) is 4.98 Å². The average molecular weight is 342 g/mol. The molecule has 0 amide bonds. The van der Waals surface area contributed by atoms with Crippen LogP contribution in [0.4, 0.5) is 0 Å². The number of tetrazole rings is 1. The second-order valence-electron chi connectivity index (χ2n) is 5.69. The second kappa shape index (κ2) is 6.76. The third-order valence-electron chi connectivity index (χ3n) is 4.24. The molecule has 0 radical (unpaired) electrons. The summed E-state index contributed by atoms with van der Waals surface area (Å²) in [6.45, 7) is 4.46. The van der Waals surface area contributed by atoms with Gasteiger partial charge in [-0.15, -0.1) is 16.4 Å². The van der Waals surface area contributed by atoms with Gasteiger partial charge in [-0.3, -0.25) is 4.90 Å². The van der Waals surface area contributed by atoms with Crippen molar-refractivity contribution >= 4 is 11.3 Å². The van der Waals surface area contributed by atoms with Crippen LogP contribution in [-0.2, 0) is 4.74 Å². The molecule has 2 atom stereocenters. The van der Waals surface area contributed by atoms with Gasteiger partial charge in [-0.2, -0.15) is 4.68 Å². The zero-order chi connectivity index (χ0) is 16.4. The predicted octanol–water partition coefficient (Wildman–Crippen LogP) is 2.25. The maximum Gasteiger partial charge on any atom is 0.173 e. The Kier molecular flexibility index (Phi) is 4.33. The molecule has 0 bridgehead atoms. The van der Waals surface area contributed by atoms with Crippen molar-refractivity contribution in [1.29, 1.82) is 0 Å². The van der Waals surface area contributed by atoms with Gasteiger partial charge in [-0.05, 0) is 29.5 Å². The van der Waals surface area contributed by atoms with Crippen LogP contribution in [0, 0.1) is 0 Å². The summed E-state index contributed by atoms with van der Waals surface area (Å²) in [7, 11) is 0. The lowest BCUT2D eigenvalue weighted by Gasteiger charge is -2.35. The number of thiazole rings is 1. The first-order valence-electron chi connectivity index (χ1n) is 7.91. The first-order valence-corrected chi connectivity index (χ1v) is 8.79. The highest BCUT2D eigenvalue weighted by Crippen LogP contribution is 2.29. The first-order chi connectivity index (χ1) is 11.8. The number of aromatic nitrogens is 5. The summed E-state index contributed by atoms with van der Waals surface area (Å²) in [6.07, 6.45) is 1.84. The van der Waals surface area contributed by atoms with Crippen molar-refractivity contribution in [3.05, 3.63) is 52.7 Å². The van der Waals surface area contributed by atoms with E-state index in [0.29, 0.717) is 6.61 Å². The molecular weight excluding hydrogens is 324 g/mol. The van der Waals surface area contributed by atoms with E-state index in [-0.39, 0.29) is 12.1 Å². The molecule has 7 nitrogen and oxygen atoms in total. The van der Waals surface area contributed by atoms with Gasteiger partial charge in [0.15, 0.2) is 5.82 Å². The van der Waals surface area contributed by atoms with Crippen molar-refractivity contribution in [1.82, 2.24) is 30.1 Å². The van der Waals surface area contributed by atoms with Crippen molar-refractivity contribution in [2.45, 2.75) is 19.1 Å². The van der Waals surface area contributed by atoms with Crippen LogP contribution in [0.15, 0.2) is 41.9 Å². The van der Waals surface area contributed by atoms with E-state index < -0.39 is 0 Å². The smallest absolute Gasteiger partial charge is 0.173 e. The summed E-state index contributed by atoms with van der Waals surface area (Å²) >= 11 is 1.63. The number of nitrogens with zero attached hydrogens (tertiary/aromatic N) is 6. The molecule has 1 fully saturated rings. The lowest BCUT2D eigenvalue weighted by molar-refractivity contribution is -0.0445. The van der Waals surface area contributed by atoms with Crippen LogP contribution in [0.2, 0.25) is 0 Å². The number of rotatable bonds is 4. The summed E-state index contributed by atoms with van der Waals surface area (Å²) in [5.74, 6) is 0.834. The molecule has 0 N–H and O–H groups in total. The third kappa shape index (κ3) is 2.95. The van der Waals surface area contributed by atoms with E-state index in [9.17, 15) is 0 Å². The van der Waals surface area contributed by atoms with Crippen molar-refractivity contribution in [3.8, 4) is 5.69 Å². The van der Waals surface area contributed by atoms with Crippen LogP contribution in [0.1, 0.15) is 29.9 Å². The second-order valence-corrected chi connectivity index (χ2v) is 6.61. The molecule has 0 unspecified atom stereocenters. The molecule has 1 aliphatic heterocycles. The van der Waals surface area contributed by atoms with Gasteiger partial charge in [0, 0.05) is 24.7 Å². The van der Waals surface area contributed by atoms with E-state index >= 15 is 0 Å². The number of ether oxygens (including phenoxy) is 1. The Morgan fingerprint density at radius 1 is 1.29 bits per heavy atom. The highest BCUT2D eigenvalue weighted by Gasteiger charge is 2.30. The average Bonchev–Trinajstić information content (AvgIpc) is 3.34. The molecule has 0 spiro atoms. The van der Waals surface area contributed by atoms with Crippen LogP contribution in [0.25, 0.3) is 5.69 Å². The maximum atomic E-state index is 5.88. The van der Waals surface area contributed by atoms with E-state index in [0.717, 1.165) is 29.6 Å². The number of para-hydroxylation sites is 1. The largest absolute Gasteiger partial charge is 0.368 e. The summed E-state index contributed by atoms with van der Waals surface area (Å²) in [5, 5.41) is 15.3. The number of benzene rings is 1. The van der Waals surface area contributed by atoms with Crippen LogP contribution in [0.5, 0.6) is 0 Å². The first kappa shape index (κ1) is 15.4. The highest BCUT2D eigenvalue weighted by molar-refractivity contribution is 7.09. The molecule has 1 aliphatic rings. The lowest BCUT2D eigenvalue weighted by atomic mass is 10.2. The zero-order valence-electron chi connectivity index (χ0n) is 13.3. The van der Waals surface area contributed by atoms with Gasteiger partial charge >= 0.3 is 0 Å². The van der Waals surface area contributed by atoms with Gasteiger partial charge in [0.05, 0.1) is 18.3 Å². The molecule has 124 valence electrons. The minimum absolute atomic E-state index is 0.0160. The Bertz CT molecular complexity index is 775. The number of hydrogen-bond donors (Lipinski definition) is 0. The Hall–Kier alpha value is -2.16. The SMILES string of the molecule is C[C@@H](c1nnnn1-c1ccccc1)N1CCO[C@@H](c2nccs2)C1. The topological polar surface area (TPSA) is 69.0 Å². The molecule has 2 aromatic heterocycles. The Morgan fingerprint density at radius 3 is 2.96 bits per heavy atom. The minimum Gasteiger partial charge on any atom is -0.368 e. The van der Waals surface area contributed by atoms with Crippen LogP contribution in [-0.4, -0.2) is 49.8 Å². The van der Waals surface area contributed by atoms with E-state index in [4.69, 9.17) is 4.74 Å². The zero-order valence-corrected chi connectivity index (χ0v) is 14.1. The standard InChI is InChI=1S/C16H18N6OS/c1-12(15-18-19-20-22(15)13-5-3-2-4-6-13)21-8-9-23-14(11-21)16-17-7-10-24-16/h2-7,10,12,14H,8-9,11H2,1H3/t12-,14+/m0/s1. The Morgan fingerprint density at radius 2 is 2.17 bits per heavy atom. The van der Waals surface area contributed by atoms with Gasteiger partial charge < -0.3 is 4.74 Å². The molecule has 3 aromatic rings. The molecule has 8 heteroatoms. The quantitative estimate of drug-likeness (QED) is 0.724. The van der Waals surface area contributed by atoms with Crippen molar-refractivity contribution in [3.63, 3.8) is 0 Å². The molecule has 3 heterocycles. The van der Waals surface area contributed by atoms with Gasteiger partial charge in [-0.1, -0.05) is 18.2 Å². The van der Waals surface area contributed by atoms with Crippen molar-refractivity contribution in [2.75, 3.05) is 19.7 Å². The van der Waals surface area contributed by atoms with Gasteiger partial charge in [0.2, 0.25) is 0 Å². The molecule has 24 heavy (non-hydrogen) atoms. The molecule has 1 aromatic carbocycles. The van der Waals surface area contributed by atoms with E-state index in [2.05, 4.69) is 32.3 Å². The molecule has 4 rings (SSSR count). The van der Waals surface area contributed by atoms with Gasteiger partial charge in [0.25, 0.3) is 0 Å². The normalized spacial score (nSPS) is 20.1. The summed E-state index contributed by atoms with van der Waals surface area (Å²) in [4.78, 5) is 6.73.